The zero-order valence-electron chi connectivity index (χ0n) is 12.3. The fourth-order valence-corrected chi connectivity index (χ4v) is 2.40. The Morgan fingerprint density at radius 1 is 0.905 bits per heavy atom. The minimum absolute atomic E-state index is 0.189. The molecule has 1 N–H and O–H groups in total. The molecule has 0 radical (unpaired) electrons. The first-order valence-electron chi connectivity index (χ1n) is 6.89. The Labute approximate surface area is 122 Å². The molecule has 0 bridgehead atoms. The summed E-state index contributed by atoms with van der Waals surface area (Å²) in [7, 11) is 0. The molecule has 0 saturated heterocycles. The van der Waals surface area contributed by atoms with Gasteiger partial charge in [0.25, 0.3) is 0 Å². The van der Waals surface area contributed by atoms with Crippen molar-refractivity contribution in [3.8, 4) is 0 Å². The normalized spacial score (nSPS) is 12.5. The SMILES string of the molecule is CCNC(c1cc(F)ccc1C)c1cc(F)c(C)cc1F. The summed E-state index contributed by atoms with van der Waals surface area (Å²) in [5.41, 5.74) is 1.87. The van der Waals surface area contributed by atoms with Crippen LogP contribution in [0.4, 0.5) is 13.2 Å². The maximum Gasteiger partial charge on any atom is 0.128 e. The van der Waals surface area contributed by atoms with Gasteiger partial charge in [0.15, 0.2) is 0 Å². The minimum Gasteiger partial charge on any atom is -0.306 e. The van der Waals surface area contributed by atoms with Gasteiger partial charge in [0.2, 0.25) is 0 Å². The molecule has 0 saturated carbocycles. The lowest BCUT2D eigenvalue weighted by Crippen LogP contribution is -2.24. The Hall–Kier alpha value is -1.81. The van der Waals surface area contributed by atoms with Crippen LogP contribution in [-0.2, 0) is 0 Å². The van der Waals surface area contributed by atoms with Gasteiger partial charge < -0.3 is 5.32 Å². The summed E-state index contributed by atoms with van der Waals surface area (Å²) in [5.74, 6) is -1.36. The highest BCUT2D eigenvalue weighted by Gasteiger charge is 2.21. The summed E-state index contributed by atoms with van der Waals surface area (Å²) in [6, 6.07) is 6.12. The van der Waals surface area contributed by atoms with E-state index in [1.54, 1.807) is 6.07 Å². The van der Waals surface area contributed by atoms with Crippen molar-refractivity contribution < 1.29 is 13.2 Å². The molecule has 21 heavy (non-hydrogen) atoms. The van der Waals surface area contributed by atoms with Crippen molar-refractivity contribution in [1.29, 1.82) is 0 Å². The summed E-state index contributed by atoms with van der Waals surface area (Å²) < 4.78 is 41.5. The molecular formula is C17H18F3N. The molecular weight excluding hydrogens is 275 g/mol. The van der Waals surface area contributed by atoms with Gasteiger partial charge in [-0.05, 0) is 61.3 Å². The zero-order chi connectivity index (χ0) is 15.6. The molecule has 0 heterocycles. The second kappa shape index (κ2) is 6.31. The molecule has 1 unspecified atom stereocenters. The predicted octanol–water partition coefficient (Wildman–Crippen LogP) is 4.42. The minimum atomic E-state index is -0.583. The fraction of sp³-hybridized carbons (Fsp3) is 0.294. The number of hydrogen-bond donors (Lipinski definition) is 1. The Morgan fingerprint density at radius 2 is 1.62 bits per heavy atom. The van der Waals surface area contributed by atoms with Crippen molar-refractivity contribution >= 4 is 0 Å². The van der Waals surface area contributed by atoms with E-state index in [4.69, 9.17) is 0 Å². The third-order valence-corrected chi connectivity index (χ3v) is 3.55. The van der Waals surface area contributed by atoms with E-state index < -0.39 is 23.5 Å². The van der Waals surface area contributed by atoms with E-state index in [1.165, 1.54) is 31.2 Å². The van der Waals surface area contributed by atoms with Gasteiger partial charge in [-0.25, -0.2) is 13.2 Å². The number of aryl methyl sites for hydroxylation is 2. The molecule has 0 aliphatic heterocycles. The second-order valence-corrected chi connectivity index (χ2v) is 5.11. The molecule has 112 valence electrons. The first-order valence-corrected chi connectivity index (χ1v) is 6.89. The Kier molecular flexibility index (Phi) is 4.68. The molecule has 2 aromatic rings. The lowest BCUT2D eigenvalue weighted by atomic mass is 9.93. The Morgan fingerprint density at radius 3 is 2.29 bits per heavy atom. The second-order valence-electron chi connectivity index (χ2n) is 5.11. The van der Waals surface area contributed by atoms with Crippen LogP contribution in [0.2, 0.25) is 0 Å². The third kappa shape index (κ3) is 3.27. The van der Waals surface area contributed by atoms with Gasteiger partial charge in [-0.2, -0.15) is 0 Å². The fourth-order valence-electron chi connectivity index (χ4n) is 2.40. The van der Waals surface area contributed by atoms with E-state index in [-0.39, 0.29) is 11.1 Å². The summed E-state index contributed by atoms with van der Waals surface area (Å²) in [6.45, 7) is 5.75. The van der Waals surface area contributed by atoms with Crippen LogP contribution in [0.5, 0.6) is 0 Å². The number of halogens is 3. The lowest BCUT2D eigenvalue weighted by molar-refractivity contribution is 0.537. The van der Waals surface area contributed by atoms with E-state index >= 15 is 0 Å². The van der Waals surface area contributed by atoms with Gasteiger partial charge in [-0.15, -0.1) is 0 Å². The Bertz CT molecular complexity index is 653. The molecule has 0 spiro atoms. The molecule has 1 nitrogen and oxygen atoms in total. The number of rotatable bonds is 4. The van der Waals surface area contributed by atoms with Crippen LogP contribution in [0.1, 0.15) is 35.2 Å². The highest BCUT2D eigenvalue weighted by molar-refractivity contribution is 5.39. The molecule has 2 rings (SSSR count). The van der Waals surface area contributed by atoms with Gasteiger partial charge >= 0.3 is 0 Å². The monoisotopic (exact) mass is 293 g/mol. The van der Waals surface area contributed by atoms with Crippen molar-refractivity contribution in [3.05, 3.63) is 70.0 Å². The average Bonchev–Trinajstić information content (AvgIpc) is 2.43. The van der Waals surface area contributed by atoms with Crippen LogP contribution < -0.4 is 5.32 Å². The molecule has 0 fully saturated rings. The predicted molar refractivity (Wildman–Crippen MR) is 77.8 cm³/mol. The highest BCUT2D eigenvalue weighted by atomic mass is 19.1. The maximum atomic E-state index is 14.2. The van der Waals surface area contributed by atoms with Crippen molar-refractivity contribution in [2.75, 3.05) is 6.54 Å². The molecule has 4 heteroatoms. The van der Waals surface area contributed by atoms with E-state index in [0.717, 1.165) is 5.56 Å². The third-order valence-electron chi connectivity index (χ3n) is 3.55. The van der Waals surface area contributed by atoms with E-state index in [2.05, 4.69) is 5.32 Å². The van der Waals surface area contributed by atoms with Crippen molar-refractivity contribution in [2.24, 2.45) is 0 Å². The van der Waals surface area contributed by atoms with Crippen LogP contribution in [-0.4, -0.2) is 6.54 Å². The van der Waals surface area contributed by atoms with Crippen LogP contribution in [0.25, 0.3) is 0 Å². The van der Waals surface area contributed by atoms with E-state index in [9.17, 15) is 13.2 Å². The van der Waals surface area contributed by atoms with E-state index in [0.29, 0.717) is 12.1 Å². The quantitative estimate of drug-likeness (QED) is 0.880. The van der Waals surface area contributed by atoms with Crippen molar-refractivity contribution in [1.82, 2.24) is 5.32 Å². The van der Waals surface area contributed by atoms with Crippen molar-refractivity contribution in [3.63, 3.8) is 0 Å². The number of nitrogens with one attached hydrogen (secondary N) is 1. The van der Waals surface area contributed by atoms with E-state index in [1.807, 2.05) is 13.8 Å². The van der Waals surface area contributed by atoms with Gasteiger partial charge in [-0.1, -0.05) is 13.0 Å². The number of benzene rings is 2. The van der Waals surface area contributed by atoms with Gasteiger partial charge in [0.1, 0.15) is 17.5 Å². The highest BCUT2D eigenvalue weighted by Crippen LogP contribution is 2.29. The molecule has 0 aliphatic rings. The molecule has 0 aliphatic carbocycles. The summed E-state index contributed by atoms with van der Waals surface area (Å²) in [6.07, 6.45) is 0. The van der Waals surface area contributed by atoms with Crippen molar-refractivity contribution in [2.45, 2.75) is 26.8 Å². The largest absolute Gasteiger partial charge is 0.306 e. The summed E-state index contributed by atoms with van der Waals surface area (Å²) >= 11 is 0. The number of hydrogen-bond acceptors (Lipinski definition) is 1. The van der Waals surface area contributed by atoms with Crippen LogP contribution in [0, 0.1) is 31.3 Å². The van der Waals surface area contributed by atoms with Crippen LogP contribution in [0.3, 0.4) is 0 Å². The smallest absolute Gasteiger partial charge is 0.128 e. The molecule has 2 aromatic carbocycles. The summed E-state index contributed by atoms with van der Waals surface area (Å²) in [4.78, 5) is 0. The first kappa shape index (κ1) is 15.6. The zero-order valence-corrected chi connectivity index (χ0v) is 12.3. The first-order chi connectivity index (χ1) is 9.93. The molecule has 0 amide bonds. The molecule has 1 atom stereocenters. The molecule has 0 aromatic heterocycles. The maximum absolute atomic E-state index is 14.2. The topological polar surface area (TPSA) is 12.0 Å². The van der Waals surface area contributed by atoms with Gasteiger partial charge in [-0.3, -0.25) is 0 Å². The van der Waals surface area contributed by atoms with Crippen LogP contribution >= 0.6 is 0 Å². The average molecular weight is 293 g/mol. The lowest BCUT2D eigenvalue weighted by Gasteiger charge is -2.22. The van der Waals surface area contributed by atoms with Crippen LogP contribution in [0.15, 0.2) is 30.3 Å². The standard InChI is InChI=1S/C17H18F3N/c1-4-21-17(13-8-12(18)6-5-10(13)2)14-9-15(19)11(3)7-16(14)20/h5-9,17,21H,4H2,1-3H3. The van der Waals surface area contributed by atoms with Gasteiger partial charge in [0.05, 0.1) is 6.04 Å². The summed E-state index contributed by atoms with van der Waals surface area (Å²) in [5, 5.41) is 3.10. The van der Waals surface area contributed by atoms with Gasteiger partial charge in [0, 0.05) is 5.56 Å². The Balaban J connectivity index is 2.58.